The van der Waals surface area contributed by atoms with E-state index in [1.807, 2.05) is 0 Å². The third-order valence-corrected chi connectivity index (χ3v) is 3.32. The zero-order chi connectivity index (χ0) is 14.3. The number of carboxylic acid groups (broad SMARTS) is 1. The molecule has 0 bridgehead atoms. The van der Waals surface area contributed by atoms with Gasteiger partial charge in [0.15, 0.2) is 0 Å². The van der Waals surface area contributed by atoms with E-state index in [0.29, 0.717) is 22.2 Å². The highest BCUT2D eigenvalue weighted by Gasteiger charge is 2.08. The Labute approximate surface area is 120 Å². The smallest absolute Gasteiger partial charge is 0.304 e. The van der Waals surface area contributed by atoms with E-state index in [-0.39, 0.29) is 18.1 Å². The van der Waals surface area contributed by atoms with E-state index in [1.165, 1.54) is 18.9 Å². The molecule has 1 aromatic carbocycles. The third kappa shape index (κ3) is 5.85. The maximum atomic E-state index is 11.7. The summed E-state index contributed by atoms with van der Waals surface area (Å²) in [7, 11) is 1.50. The molecule has 0 saturated heterocycles. The molecule has 1 amide bonds. The first-order valence-electron chi connectivity index (χ1n) is 5.46. The summed E-state index contributed by atoms with van der Waals surface area (Å²) in [6, 6.07) is 4.92. The van der Waals surface area contributed by atoms with Gasteiger partial charge in [-0.05, 0) is 18.2 Å². The molecule has 104 valence electrons. The molecule has 0 atom stereocenters. The lowest BCUT2D eigenvalue weighted by molar-refractivity contribution is -0.136. The van der Waals surface area contributed by atoms with Gasteiger partial charge >= 0.3 is 5.97 Å². The lowest BCUT2D eigenvalue weighted by Gasteiger charge is -2.10. The number of aliphatic carboxylic acids is 1. The number of anilines is 1. The minimum Gasteiger partial charge on any atom is -0.495 e. The largest absolute Gasteiger partial charge is 0.495 e. The monoisotopic (exact) mass is 303 g/mol. The summed E-state index contributed by atoms with van der Waals surface area (Å²) < 4.78 is 5.10. The van der Waals surface area contributed by atoms with Crippen LogP contribution in [0.15, 0.2) is 18.2 Å². The standard InChI is InChI=1S/C12H14ClNO4S/c1-18-10-3-2-8(13)6-9(10)14-11(15)7-19-5-4-12(16)17/h2-3,6H,4-5,7H2,1H3,(H,14,15)(H,16,17). The van der Waals surface area contributed by atoms with Gasteiger partial charge in [0.1, 0.15) is 5.75 Å². The number of halogens is 1. The zero-order valence-electron chi connectivity index (χ0n) is 10.3. The summed E-state index contributed by atoms with van der Waals surface area (Å²) in [6.45, 7) is 0. The molecule has 0 spiro atoms. The first-order valence-corrected chi connectivity index (χ1v) is 6.99. The van der Waals surface area contributed by atoms with Crippen LogP contribution in [0.4, 0.5) is 5.69 Å². The molecule has 0 radical (unpaired) electrons. The zero-order valence-corrected chi connectivity index (χ0v) is 11.9. The molecule has 1 aromatic rings. The number of rotatable bonds is 7. The van der Waals surface area contributed by atoms with E-state index < -0.39 is 5.97 Å². The van der Waals surface area contributed by atoms with E-state index in [1.54, 1.807) is 18.2 Å². The Balaban J connectivity index is 2.47. The fourth-order valence-electron chi connectivity index (χ4n) is 1.29. The Morgan fingerprint density at radius 2 is 2.21 bits per heavy atom. The first kappa shape index (κ1) is 15.7. The SMILES string of the molecule is COc1ccc(Cl)cc1NC(=O)CSCCC(=O)O. The molecule has 0 aromatic heterocycles. The Hall–Kier alpha value is -1.40. The predicted octanol–water partition coefficient (Wildman–Crippen LogP) is 2.49. The summed E-state index contributed by atoms with van der Waals surface area (Å²) in [5.41, 5.74) is 0.499. The molecule has 19 heavy (non-hydrogen) atoms. The van der Waals surface area contributed by atoms with Crippen molar-refractivity contribution in [2.24, 2.45) is 0 Å². The van der Waals surface area contributed by atoms with Crippen molar-refractivity contribution in [2.75, 3.05) is 23.9 Å². The minimum atomic E-state index is -0.871. The number of benzene rings is 1. The molecule has 0 heterocycles. The second-order valence-corrected chi connectivity index (χ2v) is 5.13. The highest BCUT2D eigenvalue weighted by Crippen LogP contribution is 2.27. The number of hydrogen-bond donors (Lipinski definition) is 2. The van der Waals surface area contributed by atoms with Gasteiger partial charge in [0.2, 0.25) is 5.91 Å². The predicted molar refractivity (Wildman–Crippen MR) is 76.2 cm³/mol. The first-order chi connectivity index (χ1) is 9.02. The van der Waals surface area contributed by atoms with Crippen LogP contribution in [0.3, 0.4) is 0 Å². The van der Waals surface area contributed by atoms with Gasteiger partial charge in [0.25, 0.3) is 0 Å². The number of carboxylic acids is 1. The van der Waals surface area contributed by atoms with Gasteiger partial charge in [0.05, 0.1) is 25.0 Å². The van der Waals surface area contributed by atoms with Crippen LogP contribution in [-0.4, -0.2) is 35.6 Å². The van der Waals surface area contributed by atoms with Crippen LogP contribution in [0, 0.1) is 0 Å². The van der Waals surface area contributed by atoms with Gasteiger partial charge in [-0.15, -0.1) is 0 Å². The van der Waals surface area contributed by atoms with Crippen molar-refractivity contribution in [3.05, 3.63) is 23.2 Å². The Kier molecular flexibility index (Phi) is 6.52. The number of carbonyl (C=O) groups is 2. The van der Waals surface area contributed by atoms with Crippen LogP contribution in [0.2, 0.25) is 5.02 Å². The van der Waals surface area contributed by atoms with Crippen LogP contribution in [-0.2, 0) is 9.59 Å². The van der Waals surface area contributed by atoms with Crippen molar-refractivity contribution in [1.29, 1.82) is 0 Å². The Bertz CT molecular complexity index is 467. The second-order valence-electron chi connectivity index (χ2n) is 3.59. The van der Waals surface area contributed by atoms with Crippen LogP contribution in [0.5, 0.6) is 5.75 Å². The molecule has 0 aliphatic carbocycles. The van der Waals surface area contributed by atoms with Crippen molar-refractivity contribution < 1.29 is 19.4 Å². The molecular weight excluding hydrogens is 290 g/mol. The maximum absolute atomic E-state index is 11.7. The van der Waals surface area contributed by atoms with E-state index in [4.69, 9.17) is 21.4 Å². The van der Waals surface area contributed by atoms with Gasteiger partial charge in [-0.1, -0.05) is 11.6 Å². The van der Waals surface area contributed by atoms with Crippen molar-refractivity contribution in [3.8, 4) is 5.75 Å². The van der Waals surface area contributed by atoms with Gasteiger partial charge < -0.3 is 15.2 Å². The number of thioether (sulfide) groups is 1. The van der Waals surface area contributed by atoms with E-state index >= 15 is 0 Å². The van der Waals surface area contributed by atoms with Crippen molar-refractivity contribution in [3.63, 3.8) is 0 Å². The number of methoxy groups -OCH3 is 1. The average molecular weight is 304 g/mol. The fourth-order valence-corrected chi connectivity index (χ4v) is 2.18. The summed E-state index contributed by atoms with van der Waals surface area (Å²) in [4.78, 5) is 22.0. The van der Waals surface area contributed by atoms with Crippen LogP contribution in [0.1, 0.15) is 6.42 Å². The van der Waals surface area contributed by atoms with Crippen LogP contribution in [0.25, 0.3) is 0 Å². The van der Waals surface area contributed by atoms with E-state index in [9.17, 15) is 9.59 Å². The third-order valence-electron chi connectivity index (χ3n) is 2.13. The molecule has 5 nitrogen and oxygen atoms in total. The van der Waals surface area contributed by atoms with Gasteiger partial charge in [-0.2, -0.15) is 11.8 Å². The highest BCUT2D eigenvalue weighted by atomic mass is 35.5. The number of ether oxygens (including phenoxy) is 1. The summed E-state index contributed by atoms with van der Waals surface area (Å²) in [6.07, 6.45) is 0.0401. The minimum absolute atomic E-state index is 0.0401. The molecule has 0 saturated carbocycles. The van der Waals surface area contributed by atoms with Crippen molar-refractivity contribution >= 4 is 40.9 Å². The second kappa shape index (κ2) is 7.91. The lowest BCUT2D eigenvalue weighted by atomic mass is 10.3. The van der Waals surface area contributed by atoms with E-state index in [0.717, 1.165) is 0 Å². The Morgan fingerprint density at radius 1 is 1.47 bits per heavy atom. The molecule has 0 unspecified atom stereocenters. The molecule has 1 rings (SSSR count). The van der Waals surface area contributed by atoms with Gasteiger partial charge in [-0.3, -0.25) is 9.59 Å². The van der Waals surface area contributed by atoms with Crippen molar-refractivity contribution in [1.82, 2.24) is 0 Å². The van der Waals surface area contributed by atoms with Gasteiger partial charge in [0, 0.05) is 10.8 Å². The molecule has 0 aliphatic rings. The highest BCUT2D eigenvalue weighted by molar-refractivity contribution is 7.99. The maximum Gasteiger partial charge on any atom is 0.304 e. The van der Waals surface area contributed by atoms with Crippen LogP contribution < -0.4 is 10.1 Å². The van der Waals surface area contributed by atoms with Crippen LogP contribution >= 0.6 is 23.4 Å². The molecular formula is C12H14ClNO4S. The molecule has 2 N–H and O–H groups in total. The van der Waals surface area contributed by atoms with Crippen molar-refractivity contribution in [2.45, 2.75) is 6.42 Å². The summed E-state index contributed by atoms with van der Waals surface area (Å²) in [5, 5.41) is 11.6. The molecule has 0 aliphatic heterocycles. The summed E-state index contributed by atoms with van der Waals surface area (Å²) in [5.74, 6) is 0.00641. The quantitative estimate of drug-likeness (QED) is 0.757. The number of hydrogen-bond acceptors (Lipinski definition) is 4. The molecule has 0 fully saturated rings. The summed E-state index contributed by atoms with van der Waals surface area (Å²) >= 11 is 7.10. The lowest BCUT2D eigenvalue weighted by Crippen LogP contribution is -2.15. The number of carbonyl (C=O) groups excluding carboxylic acids is 1. The number of nitrogens with one attached hydrogen (secondary N) is 1. The molecule has 7 heteroatoms. The van der Waals surface area contributed by atoms with E-state index in [2.05, 4.69) is 5.32 Å². The number of amides is 1. The fraction of sp³-hybridized carbons (Fsp3) is 0.333. The van der Waals surface area contributed by atoms with Gasteiger partial charge in [-0.25, -0.2) is 0 Å². The Morgan fingerprint density at radius 3 is 2.84 bits per heavy atom. The normalized spacial score (nSPS) is 10.0. The topological polar surface area (TPSA) is 75.6 Å². The average Bonchev–Trinajstić information content (AvgIpc) is 2.35.